The number of benzene rings is 3. The minimum atomic E-state index is -0.387. The minimum absolute atomic E-state index is 0.113. The van der Waals surface area contributed by atoms with Crippen molar-refractivity contribution in [1.29, 1.82) is 0 Å². The van der Waals surface area contributed by atoms with Crippen molar-refractivity contribution in [2.75, 3.05) is 31.1 Å². The van der Waals surface area contributed by atoms with Gasteiger partial charge in [0.25, 0.3) is 5.56 Å². The molecule has 6 rings (SSSR count). The number of tetrazole rings is 1. The van der Waals surface area contributed by atoms with Crippen LogP contribution >= 0.6 is 11.6 Å². The summed E-state index contributed by atoms with van der Waals surface area (Å²) < 4.78 is 1.85. The van der Waals surface area contributed by atoms with Gasteiger partial charge in [-0.2, -0.15) is 0 Å². The molecular formula is C31H32ClN7O. The quantitative estimate of drug-likeness (QED) is 0.307. The first kappa shape index (κ1) is 26.2. The van der Waals surface area contributed by atoms with Gasteiger partial charge in [0, 0.05) is 49.0 Å². The molecule has 1 N–H and O–H groups in total. The van der Waals surface area contributed by atoms with Gasteiger partial charge in [-0.1, -0.05) is 66.2 Å². The summed E-state index contributed by atoms with van der Waals surface area (Å²) in [6.45, 7) is 7.83. The van der Waals surface area contributed by atoms with E-state index >= 15 is 0 Å². The normalized spacial score (nSPS) is 15.0. The molecule has 40 heavy (non-hydrogen) atoms. The third-order valence-electron chi connectivity index (χ3n) is 7.86. The van der Waals surface area contributed by atoms with Crippen LogP contribution in [0.1, 0.15) is 34.1 Å². The monoisotopic (exact) mass is 553 g/mol. The molecule has 1 fully saturated rings. The van der Waals surface area contributed by atoms with Crippen LogP contribution < -0.4 is 10.5 Å². The lowest BCUT2D eigenvalue weighted by Crippen LogP contribution is -2.49. The molecular weight excluding hydrogens is 522 g/mol. The molecule has 5 aromatic rings. The number of halogens is 1. The molecule has 9 heteroatoms. The molecule has 0 amide bonds. The lowest BCUT2D eigenvalue weighted by Gasteiger charge is -2.40. The molecule has 1 atom stereocenters. The molecule has 0 spiro atoms. The number of fused-ring (bicyclic) bond motifs is 1. The Labute approximate surface area is 238 Å². The molecule has 8 nitrogen and oxygen atoms in total. The summed E-state index contributed by atoms with van der Waals surface area (Å²) >= 11 is 6.33. The Hall–Kier alpha value is -4.01. The third-order valence-corrected chi connectivity index (χ3v) is 8.10. The summed E-state index contributed by atoms with van der Waals surface area (Å²) in [4.78, 5) is 21.5. The van der Waals surface area contributed by atoms with Crippen LogP contribution in [0.4, 0.5) is 5.69 Å². The SMILES string of the molecule is Cc1ccc(Cl)cc1N1CCN([C@@H](c2cc3cccc(C)c3[nH]c2=O)c2nnnn2CCc2ccccc2)CC1. The van der Waals surface area contributed by atoms with Gasteiger partial charge >= 0.3 is 0 Å². The second-order valence-electron chi connectivity index (χ2n) is 10.4. The van der Waals surface area contributed by atoms with E-state index in [1.165, 1.54) is 11.1 Å². The van der Waals surface area contributed by atoms with Crippen LogP contribution in [0.5, 0.6) is 0 Å². The number of nitrogens with zero attached hydrogens (tertiary/aromatic N) is 6. The van der Waals surface area contributed by atoms with E-state index in [1.54, 1.807) is 0 Å². The van der Waals surface area contributed by atoms with Gasteiger partial charge < -0.3 is 9.88 Å². The van der Waals surface area contributed by atoms with Crippen LogP contribution in [0.2, 0.25) is 5.02 Å². The van der Waals surface area contributed by atoms with Crippen molar-refractivity contribution in [2.24, 2.45) is 0 Å². The van der Waals surface area contributed by atoms with E-state index in [1.807, 2.05) is 66.2 Å². The Morgan fingerprint density at radius 3 is 2.52 bits per heavy atom. The summed E-state index contributed by atoms with van der Waals surface area (Å²) in [5.41, 5.74) is 6.00. The largest absolute Gasteiger partial charge is 0.369 e. The Kier molecular flexibility index (Phi) is 7.36. The van der Waals surface area contributed by atoms with Gasteiger partial charge in [0.05, 0.1) is 5.52 Å². The molecule has 0 radical (unpaired) electrons. The summed E-state index contributed by atoms with van der Waals surface area (Å²) in [7, 11) is 0. The third kappa shape index (κ3) is 5.24. The molecule has 0 saturated carbocycles. The molecule has 1 aliphatic heterocycles. The topological polar surface area (TPSA) is 82.9 Å². The number of para-hydroxylation sites is 1. The zero-order valence-electron chi connectivity index (χ0n) is 22.7. The Bertz CT molecular complexity index is 1690. The summed E-state index contributed by atoms with van der Waals surface area (Å²) in [6.07, 6.45) is 0.792. The highest BCUT2D eigenvalue weighted by atomic mass is 35.5. The number of pyridine rings is 1. The molecule has 0 bridgehead atoms. The lowest BCUT2D eigenvalue weighted by molar-refractivity contribution is 0.199. The summed E-state index contributed by atoms with van der Waals surface area (Å²) in [5.74, 6) is 0.681. The summed E-state index contributed by atoms with van der Waals surface area (Å²) in [6, 6.07) is 24.0. The number of nitrogens with one attached hydrogen (secondary N) is 1. The van der Waals surface area contributed by atoms with Gasteiger partial charge in [-0.05, 0) is 71.0 Å². The Balaban J connectivity index is 1.36. The van der Waals surface area contributed by atoms with Crippen molar-refractivity contribution in [3.8, 4) is 0 Å². The van der Waals surface area contributed by atoms with E-state index < -0.39 is 0 Å². The standard InChI is InChI=1S/C31H32ClN7O/c1-21-11-12-25(32)20-27(21)37-15-17-38(18-16-37)29(26-19-24-10-6-7-22(2)28(24)33-31(26)40)30-34-35-36-39(30)14-13-23-8-4-3-5-9-23/h3-12,19-20,29H,13-18H2,1-2H3,(H,33,40)/t29-/m0/s1. The van der Waals surface area contributed by atoms with Gasteiger partial charge in [0.15, 0.2) is 5.82 Å². The molecule has 3 heterocycles. The maximum absolute atomic E-state index is 13.6. The highest BCUT2D eigenvalue weighted by molar-refractivity contribution is 6.30. The van der Waals surface area contributed by atoms with E-state index in [2.05, 4.69) is 55.4 Å². The van der Waals surface area contributed by atoms with E-state index in [0.29, 0.717) is 17.9 Å². The first-order valence-electron chi connectivity index (χ1n) is 13.7. The van der Waals surface area contributed by atoms with Gasteiger partial charge in [-0.15, -0.1) is 5.10 Å². The number of hydrogen-bond donors (Lipinski definition) is 1. The van der Waals surface area contributed by atoms with Crippen LogP contribution in [0.25, 0.3) is 10.9 Å². The van der Waals surface area contributed by atoms with Crippen molar-refractivity contribution in [2.45, 2.75) is 32.9 Å². The Morgan fingerprint density at radius 2 is 1.73 bits per heavy atom. The van der Waals surface area contributed by atoms with Crippen LogP contribution in [0, 0.1) is 13.8 Å². The number of hydrogen-bond acceptors (Lipinski definition) is 6. The first-order valence-corrected chi connectivity index (χ1v) is 14.0. The maximum atomic E-state index is 13.6. The average Bonchev–Trinajstić information content (AvgIpc) is 3.43. The summed E-state index contributed by atoms with van der Waals surface area (Å²) in [5, 5.41) is 14.6. The van der Waals surface area contributed by atoms with Gasteiger partial charge in [-0.3, -0.25) is 9.69 Å². The molecule has 0 aliphatic carbocycles. The number of anilines is 1. The second-order valence-corrected chi connectivity index (χ2v) is 10.9. The fourth-order valence-corrected chi connectivity index (χ4v) is 5.86. The van der Waals surface area contributed by atoms with Crippen molar-refractivity contribution >= 4 is 28.2 Å². The van der Waals surface area contributed by atoms with E-state index in [9.17, 15) is 4.79 Å². The number of aromatic nitrogens is 5. The predicted molar refractivity (Wildman–Crippen MR) is 159 cm³/mol. The molecule has 1 saturated heterocycles. The molecule has 3 aromatic carbocycles. The second kappa shape index (κ2) is 11.2. The number of H-pyrrole nitrogens is 1. The van der Waals surface area contributed by atoms with Gasteiger partial charge in [-0.25, -0.2) is 4.68 Å². The highest BCUT2D eigenvalue weighted by Crippen LogP contribution is 2.31. The zero-order valence-corrected chi connectivity index (χ0v) is 23.5. The fraction of sp³-hybridized carbons (Fsp3) is 0.290. The molecule has 0 unspecified atom stereocenters. The van der Waals surface area contributed by atoms with Gasteiger partial charge in [0.1, 0.15) is 6.04 Å². The van der Waals surface area contributed by atoms with Crippen molar-refractivity contribution < 1.29 is 0 Å². The van der Waals surface area contributed by atoms with E-state index in [0.717, 1.165) is 59.8 Å². The highest BCUT2D eigenvalue weighted by Gasteiger charge is 2.33. The number of aryl methyl sites for hydroxylation is 4. The maximum Gasteiger partial charge on any atom is 0.253 e. The van der Waals surface area contributed by atoms with Gasteiger partial charge in [0.2, 0.25) is 0 Å². The number of piperazine rings is 1. The predicted octanol–water partition coefficient (Wildman–Crippen LogP) is 4.94. The molecule has 204 valence electrons. The fourth-order valence-electron chi connectivity index (χ4n) is 5.69. The minimum Gasteiger partial charge on any atom is -0.369 e. The van der Waals surface area contributed by atoms with Crippen LogP contribution in [-0.2, 0) is 13.0 Å². The molecule has 1 aliphatic rings. The smallest absolute Gasteiger partial charge is 0.253 e. The zero-order chi connectivity index (χ0) is 27.6. The van der Waals surface area contributed by atoms with Crippen molar-refractivity contribution in [1.82, 2.24) is 30.1 Å². The first-order chi connectivity index (χ1) is 19.5. The van der Waals surface area contributed by atoms with E-state index in [4.69, 9.17) is 11.6 Å². The van der Waals surface area contributed by atoms with E-state index in [-0.39, 0.29) is 11.6 Å². The van der Waals surface area contributed by atoms with Crippen molar-refractivity contribution in [3.05, 3.63) is 116 Å². The number of aromatic amines is 1. The lowest BCUT2D eigenvalue weighted by atomic mass is 10.0. The number of rotatable bonds is 7. The Morgan fingerprint density at radius 1 is 0.925 bits per heavy atom. The van der Waals surface area contributed by atoms with Crippen molar-refractivity contribution in [3.63, 3.8) is 0 Å². The van der Waals surface area contributed by atoms with Crippen LogP contribution in [-0.4, -0.2) is 56.3 Å². The average molecular weight is 554 g/mol. The molecule has 2 aromatic heterocycles. The van der Waals surface area contributed by atoms with Crippen LogP contribution in [0.15, 0.2) is 77.6 Å². The van der Waals surface area contributed by atoms with Crippen LogP contribution in [0.3, 0.4) is 0 Å².